The van der Waals surface area contributed by atoms with Crippen LogP contribution in [0.4, 0.5) is 0 Å². The zero-order valence-electron chi connectivity index (χ0n) is 37.2. The lowest BCUT2D eigenvalue weighted by Crippen LogP contribution is -2.63. The van der Waals surface area contributed by atoms with Gasteiger partial charge in [-0.05, 0) is 71.1 Å². The summed E-state index contributed by atoms with van der Waals surface area (Å²) in [6.45, 7) is 9.81. The summed E-state index contributed by atoms with van der Waals surface area (Å²) in [7, 11) is 2.84. The third-order valence-corrected chi connectivity index (χ3v) is 12.5. The number of hydrogen-bond donors (Lipinski definition) is 0. The Hall–Kier alpha value is -5.26. The normalized spacial score (nSPS) is 32.1. The minimum atomic E-state index is -1.39. The first-order chi connectivity index (χ1) is 31.0. The SMILES string of the molecule is C.COC(=O)C1O[C@@H](O[C@@H]2C(COCc3ccc(OC)cc3)OC(C)C(N=[N+]=[N-])[C@H]2C)C(OCc2ccccc2)[C@@H](C)[C@@H]1O[C@@H]1OC(COC(=O)c2ccccc2)[C@@H](C)[C@H](C)C1N=[N+]=[N-]. The van der Waals surface area contributed by atoms with E-state index in [-0.39, 0.29) is 45.7 Å². The van der Waals surface area contributed by atoms with Crippen LogP contribution in [0.3, 0.4) is 0 Å². The van der Waals surface area contributed by atoms with Gasteiger partial charge in [0.05, 0.1) is 70.0 Å². The van der Waals surface area contributed by atoms with Gasteiger partial charge >= 0.3 is 11.9 Å². The number of rotatable bonds is 18. The number of ether oxygens (including phenoxy) is 10. The van der Waals surface area contributed by atoms with E-state index < -0.39 is 91.2 Å². The fourth-order valence-corrected chi connectivity index (χ4v) is 8.55. The Labute approximate surface area is 380 Å². The van der Waals surface area contributed by atoms with Gasteiger partial charge in [0.2, 0.25) is 0 Å². The summed E-state index contributed by atoms with van der Waals surface area (Å²) in [4.78, 5) is 32.9. The Morgan fingerprint density at radius 3 is 1.92 bits per heavy atom. The van der Waals surface area contributed by atoms with Gasteiger partial charge in [0.1, 0.15) is 30.7 Å². The molecule has 18 nitrogen and oxygen atoms in total. The summed E-state index contributed by atoms with van der Waals surface area (Å²) in [6, 6.07) is 24.2. The van der Waals surface area contributed by atoms with Crippen molar-refractivity contribution < 1.29 is 57.0 Å². The summed E-state index contributed by atoms with van der Waals surface area (Å²) in [5, 5.41) is 8.15. The molecule has 6 rings (SSSR count). The maximum Gasteiger partial charge on any atom is 0.338 e. The second-order valence-electron chi connectivity index (χ2n) is 16.5. The summed E-state index contributed by atoms with van der Waals surface area (Å²) in [5.74, 6) is -2.18. The lowest BCUT2D eigenvalue weighted by atomic mass is 9.82. The van der Waals surface area contributed by atoms with Gasteiger partial charge in [-0.25, -0.2) is 9.59 Å². The van der Waals surface area contributed by atoms with Crippen LogP contribution in [-0.4, -0.2) is 107 Å². The lowest BCUT2D eigenvalue weighted by molar-refractivity contribution is -0.347. The molecular weight excluding hydrogens is 841 g/mol. The van der Waals surface area contributed by atoms with E-state index in [1.54, 1.807) is 37.4 Å². The molecular formula is C47H62N6O12. The van der Waals surface area contributed by atoms with Gasteiger partial charge in [-0.2, -0.15) is 0 Å². The minimum absolute atomic E-state index is 0. The quantitative estimate of drug-likeness (QED) is 0.0508. The molecule has 0 saturated carbocycles. The van der Waals surface area contributed by atoms with E-state index in [4.69, 9.17) is 47.4 Å². The first kappa shape index (κ1) is 50.7. The van der Waals surface area contributed by atoms with Gasteiger partial charge in [0.25, 0.3) is 0 Å². The molecule has 7 unspecified atom stereocenters. The molecule has 3 aromatic rings. The molecule has 3 heterocycles. The molecule has 0 radical (unpaired) electrons. The first-order valence-electron chi connectivity index (χ1n) is 21.5. The summed E-state index contributed by atoms with van der Waals surface area (Å²) >= 11 is 0. The average Bonchev–Trinajstić information content (AvgIpc) is 3.31. The third-order valence-electron chi connectivity index (χ3n) is 12.5. The summed E-state index contributed by atoms with van der Waals surface area (Å²) < 4.78 is 62.2. The number of esters is 2. The van der Waals surface area contributed by atoms with E-state index >= 15 is 0 Å². The number of carbonyl (C=O) groups is 2. The van der Waals surface area contributed by atoms with Crippen LogP contribution in [0.5, 0.6) is 5.75 Å². The van der Waals surface area contributed by atoms with E-state index in [2.05, 4.69) is 20.1 Å². The maximum absolute atomic E-state index is 13.8. The van der Waals surface area contributed by atoms with Crippen LogP contribution in [0.15, 0.2) is 95.2 Å². The average molecular weight is 903 g/mol. The molecule has 0 N–H and O–H groups in total. The van der Waals surface area contributed by atoms with Crippen LogP contribution in [0, 0.1) is 23.7 Å². The molecule has 0 aromatic heterocycles. The molecule has 0 bridgehead atoms. The highest BCUT2D eigenvalue weighted by atomic mass is 16.7. The van der Waals surface area contributed by atoms with Gasteiger partial charge in [-0.3, -0.25) is 0 Å². The van der Waals surface area contributed by atoms with Gasteiger partial charge in [0.15, 0.2) is 18.7 Å². The van der Waals surface area contributed by atoms with E-state index in [0.717, 1.165) is 16.9 Å². The second kappa shape index (κ2) is 24.3. The number of methoxy groups -OCH3 is 2. The Bertz CT molecular complexity index is 2060. The second-order valence-corrected chi connectivity index (χ2v) is 16.5. The van der Waals surface area contributed by atoms with Gasteiger partial charge < -0.3 is 47.4 Å². The van der Waals surface area contributed by atoms with Gasteiger partial charge in [-0.15, -0.1) is 0 Å². The van der Waals surface area contributed by atoms with Crippen molar-refractivity contribution in [3.8, 4) is 5.75 Å². The van der Waals surface area contributed by atoms with Crippen molar-refractivity contribution in [2.24, 2.45) is 33.9 Å². The highest BCUT2D eigenvalue weighted by Gasteiger charge is 2.54. The molecule has 0 aliphatic carbocycles. The Morgan fingerprint density at radius 1 is 0.646 bits per heavy atom. The van der Waals surface area contributed by atoms with Crippen molar-refractivity contribution in [1.29, 1.82) is 0 Å². The van der Waals surface area contributed by atoms with Gasteiger partial charge in [0, 0.05) is 15.7 Å². The molecule has 65 heavy (non-hydrogen) atoms. The van der Waals surface area contributed by atoms with E-state index in [1.807, 2.05) is 89.2 Å². The fraction of sp³-hybridized carbons (Fsp3) is 0.574. The smallest absolute Gasteiger partial charge is 0.338 e. The molecule has 3 aromatic carbocycles. The van der Waals surface area contributed by atoms with E-state index in [1.165, 1.54) is 7.11 Å². The zero-order valence-corrected chi connectivity index (χ0v) is 37.2. The molecule has 3 fully saturated rings. The van der Waals surface area contributed by atoms with Crippen molar-refractivity contribution in [1.82, 2.24) is 0 Å². The Balaban J connectivity index is 0.00000793. The van der Waals surface area contributed by atoms with Crippen LogP contribution in [-0.2, 0) is 60.6 Å². The molecule has 0 spiro atoms. The largest absolute Gasteiger partial charge is 0.497 e. The molecule has 18 heteroatoms. The fourth-order valence-electron chi connectivity index (χ4n) is 8.55. The maximum atomic E-state index is 13.8. The van der Waals surface area contributed by atoms with Crippen LogP contribution in [0.1, 0.15) is 63.5 Å². The van der Waals surface area contributed by atoms with Crippen molar-refractivity contribution >= 4 is 11.9 Å². The summed E-state index contributed by atoms with van der Waals surface area (Å²) in [6.07, 6.45) is -8.39. The molecule has 15 atom stereocenters. The Kier molecular flexibility index (Phi) is 19.0. The summed E-state index contributed by atoms with van der Waals surface area (Å²) in [5.41, 5.74) is 21.4. The molecule has 352 valence electrons. The van der Waals surface area contributed by atoms with Gasteiger partial charge in [-0.1, -0.05) is 106 Å². The predicted molar refractivity (Wildman–Crippen MR) is 237 cm³/mol. The number of hydrogen-bond acceptors (Lipinski definition) is 14. The number of carbonyl (C=O) groups excluding carboxylic acids is 2. The number of azide groups is 2. The van der Waals surface area contributed by atoms with Crippen molar-refractivity contribution in [3.05, 3.63) is 123 Å². The van der Waals surface area contributed by atoms with E-state index in [0.29, 0.717) is 5.56 Å². The first-order valence-corrected chi connectivity index (χ1v) is 21.5. The standard InChI is InChI=1S/C46H58N6O12.CH4/c1-26-27(2)38(50-52-48)45(61-35(26)25-59-43(53)33-16-12-9-13-17-33)63-40-29(4)41(58-23-31-14-10-8-11-15-31)46(64-42(40)44(54)56-7)62-39-28(3)37(49-51-47)30(5)60-36(39)24-57-22-32-18-20-34(55-6)21-19-32;/h8-21,26-30,35-42,45-46H,22-25H2,1-7H3;1H4/t26-,27-,28+,29-,30?,35?,36?,37?,38?,39-,40-,41?,42?,45-,46+;/m0./s1. The lowest BCUT2D eigenvalue weighted by Gasteiger charge is -2.50. The predicted octanol–water partition coefficient (Wildman–Crippen LogP) is 8.37. The Morgan fingerprint density at radius 2 is 1.28 bits per heavy atom. The van der Waals surface area contributed by atoms with E-state index in [9.17, 15) is 20.7 Å². The van der Waals surface area contributed by atoms with Crippen LogP contribution in [0.2, 0.25) is 0 Å². The van der Waals surface area contributed by atoms with Crippen LogP contribution >= 0.6 is 0 Å². The molecule has 3 aliphatic rings. The number of benzene rings is 3. The molecule has 3 aliphatic heterocycles. The third kappa shape index (κ3) is 12.6. The zero-order chi connectivity index (χ0) is 45.8. The van der Waals surface area contributed by atoms with Crippen molar-refractivity contribution in [2.75, 3.05) is 27.4 Å². The minimum Gasteiger partial charge on any atom is -0.497 e. The highest BCUT2D eigenvalue weighted by molar-refractivity contribution is 5.89. The molecule has 3 saturated heterocycles. The van der Waals surface area contributed by atoms with Crippen LogP contribution in [0.25, 0.3) is 20.9 Å². The van der Waals surface area contributed by atoms with Crippen LogP contribution < -0.4 is 4.74 Å². The highest BCUT2D eigenvalue weighted by Crippen LogP contribution is 2.40. The molecule has 0 amide bonds. The monoisotopic (exact) mass is 902 g/mol. The van der Waals surface area contributed by atoms with Crippen molar-refractivity contribution in [3.63, 3.8) is 0 Å². The number of nitrogens with zero attached hydrogens (tertiary/aromatic N) is 6. The topological polar surface area (TPSA) is 224 Å². The van der Waals surface area contributed by atoms with Crippen molar-refractivity contribution in [2.45, 2.75) is 123 Å².